The topological polar surface area (TPSA) is 6.48 Å². The van der Waals surface area contributed by atoms with E-state index in [4.69, 9.17) is 0 Å². The molecule has 0 bridgehead atoms. The van der Waals surface area contributed by atoms with Crippen LogP contribution < -0.4 is 9.80 Å². The minimum Gasteiger partial charge on any atom is -0.367 e. The second kappa shape index (κ2) is 11.0. The summed E-state index contributed by atoms with van der Waals surface area (Å²) < 4.78 is 25.8. The van der Waals surface area contributed by atoms with Crippen LogP contribution in [0.4, 0.5) is 20.2 Å². The molecule has 156 valence electrons. The van der Waals surface area contributed by atoms with E-state index >= 15 is 0 Å². The van der Waals surface area contributed by atoms with Gasteiger partial charge in [0.05, 0.1) is 0 Å². The second-order valence-electron chi connectivity index (χ2n) is 8.15. The van der Waals surface area contributed by atoms with Crippen molar-refractivity contribution in [1.82, 2.24) is 0 Å². The van der Waals surface area contributed by atoms with Gasteiger partial charge in [-0.15, -0.1) is 0 Å². The van der Waals surface area contributed by atoms with E-state index in [-0.39, 0.29) is 11.6 Å². The molecule has 0 spiro atoms. The Morgan fingerprint density at radius 2 is 0.964 bits per heavy atom. The van der Waals surface area contributed by atoms with E-state index in [0.717, 1.165) is 11.4 Å². The molecule has 0 fully saturated rings. The number of nitrogens with zero attached hydrogens (tertiary/aromatic N) is 2. The van der Waals surface area contributed by atoms with Crippen LogP contribution >= 0.6 is 0 Å². The fourth-order valence-corrected chi connectivity index (χ4v) is 3.64. The van der Waals surface area contributed by atoms with Crippen molar-refractivity contribution in [3.63, 3.8) is 0 Å². The van der Waals surface area contributed by atoms with Crippen LogP contribution in [0.1, 0.15) is 55.4 Å². The first-order valence-corrected chi connectivity index (χ1v) is 10.1. The number of benzene rings is 2. The Bertz CT molecular complexity index is 678. The van der Waals surface area contributed by atoms with E-state index in [1.54, 1.807) is 12.1 Å². The van der Waals surface area contributed by atoms with Gasteiger partial charge in [0.15, 0.2) is 0 Å². The van der Waals surface area contributed by atoms with E-state index in [9.17, 15) is 8.78 Å². The summed E-state index contributed by atoms with van der Waals surface area (Å²) in [6.07, 6.45) is 0. The van der Waals surface area contributed by atoms with Gasteiger partial charge in [-0.1, -0.05) is 6.07 Å². The molecule has 0 saturated heterocycles. The first kappa shape index (κ1) is 23.9. The van der Waals surface area contributed by atoms with Crippen LogP contribution in [0.25, 0.3) is 0 Å². The molecule has 0 aliphatic rings. The molecule has 28 heavy (non-hydrogen) atoms. The first-order chi connectivity index (χ1) is 13.0. The summed E-state index contributed by atoms with van der Waals surface area (Å²) >= 11 is 0. The second-order valence-corrected chi connectivity index (χ2v) is 8.15. The summed E-state index contributed by atoms with van der Waals surface area (Å²) in [6, 6.07) is 15.1. The maximum atomic E-state index is 13.0. The maximum Gasteiger partial charge on any atom is 0.125 e. The van der Waals surface area contributed by atoms with Crippen LogP contribution in [0.5, 0.6) is 0 Å². The Kier molecular flexibility index (Phi) is 9.44. The van der Waals surface area contributed by atoms with Crippen LogP contribution in [0.3, 0.4) is 0 Å². The molecule has 0 amide bonds. The number of halogens is 2. The molecule has 0 saturated carbocycles. The van der Waals surface area contributed by atoms with E-state index in [2.05, 4.69) is 65.2 Å². The highest BCUT2D eigenvalue weighted by Crippen LogP contribution is 2.21. The predicted octanol–water partition coefficient (Wildman–Crippen LogP) is 6.90. The zero-order valence-electron chi connectivity index (χ0n) is 18.6. The van der Waals surface area contributed by atoms with Gasteiger partial charge in [-0.2, -0.15) is 0 Å². The minimum atomic E-state index is -0.179. The summed E-state index contributed by atoms with van der Waals surface area (Å²) in [5.41, 5.74) is 2.03. The highest BCUT2D eigenvalue weighted by atomic mass is 19.1. The highest BCUT2D eigenvalue weighted by molar-refractivity contribution is 5.48. The van der Waals surface area contributed by atoms with Crippen molar-refractivity contribution >= 4 is 11.4 Å². The molecule has 0 N–H and O–H groups in total. The average molecular weight is 391 g/mol. The molecule has 2 aromatic carbocycles. The summed E-state index contributed by atoms with van der Waals surface area (Å²) in [5.74, 6) is -0.352. The Morgan fingerprint density at radius 1 is 0.536 bits per heavy atom. The lowest BCUT2D eigenvalue weighted by Gasteiger charge is -2.33. The monoisotopic (exact) mass is 390 g/mol. The molecule has 0 aliphatic heterocycles. The third-order valence-corrected chi connectivity index (χ3v) is 4.46. The van der Waals surface area contributed by atoms with Crippen molar-refractivity contribution in [1.29, 1.82) is 0 Å². The van der Waals surface area contributed by atoms with Crippen LogP contribution in [0, 0.1) is 11.6 Å². The molecule has 0 aliphatic carbocycles. The first-order valence-electron chi connectivity index (χ1n) is 10.1. The van der Waals surface area contributed by atoms with E-state index in [0.29, 0.717) is 24.2 Å². The number of hydrogen-bond donors (Lipinski definition) is 0. The van der Waals surface area contributed by atoms with Gasteiger partial charge < -0.3 is 9.80 Å². The Labute approximate surface area is 170 Å². The van der Waals surface area contributed by atoms with Crippen LogP contribution in [0.15, 0.2) is 48.5 Å². The molecule has 2 rings (SSSR count). The van der Waals surface area contributed by atoms with Gasteiger partial charge in [0, 0.05) is 35.5 Å². The number of hydrogen-bond acceptors (Lipinski definition) is 2. The Morgan fingerprint density at radius 3 is 1.36 bits per heavy atom. The van der Waals surface area contributed by atoms with Crippen LogP contribution in [0.2, 0.25) is 0 Å². The summed E-state index contributed by atoms with van der Waals surface area (Å²) in [5, 5.41) is 0. The normalized spacial score (nSPS) is 11.1. The summed E-state index contributed by atoms with van der Waals surface area (Å²) in [7, 11) is 0. The lowest BCUT2D eigenvalue weighted by atomic mass is 10.2. The van der Waals surface area contributed by atoms with Crippen LogP contribution in [-0.4, -0.2) is 24.2 Å². The van der Waals surface area contributed by atoms with E-state index < -0.39 is 0 Å². The molecular formula is C24H36F2N2. The zero-order valence-corrected chi connectivity index (χ0v) is 18.6. The average Bonchev–Trinajstić information content (AvgIpc) is 2.56. The van der Waals surface area contributed by atoms with Crippen molar-refractivity contribution in [2.45, 2.75) is 79.6 Å². The van der Waals surface area contributed by atoms with Gasteiger partial charge in [-0.25, -0.2) is 8.78 Å². The quantitative estimate of drug-likeness (QED) is 0.529. The Hall–Kier alpha value is -2.10. The molecule has 0 atom stereocenters. The molecule has 0 unspecified atom stereocenters. The number of anilines is 2. The van der Waals surface area contributed by atoms with Crippen molar-refractivity contribution < 1.29 is 8.78 Å². The van der Waals surface area contributed by atoms with Crippen molar-refractivity contribution in [2.24, 2.45) is 0 Å². The minimum absolute atomic E-state index is 0.172. The van der Waals surface area contributed by atoms with Crippen LogP contribution in [-0.2, 0) is 0 Å². The standard InChI is InChI=1S/2C12H18FN/c1-9(2)14(10(3)4)12-7-5-11(13)6-8-12;1-9(2)14(10(3)4)12-7-5-6-11(13)8-12/h2*5-10H,1-4H3. The molecule has 4 heteroatoms. The molecule has 2 aromatic rings. The molecule has 2 nitrogen and oxygen atoms in total. The molecular weight excluding hydrogens is 354 g/mol. The van der Waals surface area contributed by atoms with Gasteiger partial charge >= 0.3 is 0 Å². The lowest BCUT2D eigenvalue weighted by molar-refractivity contribution is 0.597. The molecule has 0 radical (unpaired) electrons. The summed E-state index contributed by atoms with van der Waals surface area (Å²) in [6.45, 7) is 17.0. The highest BCUT2D eigenvalue weighted by Gasteiger charge is 2.14. The predicted molar refractivity (Wildman–Crippen MR) is 118 cm³/mol. The van der Waals surface area contributed by atoms with Gasteiger partial charge in [-0.3, -0.25) is 0 Å². The third kappa shape index (κ3) is 7.14. The lowest BCUT2D eigenvalue weighted by Crippen LogP contribution is -2.36. The largest absolute Gasteiger partial charge is 0.367 e. The number of rotatable bonds is 6. The molecule has 0 aromatic heterocycles. The van der Waals surface area contributed by atoms with E-state index in [1.165, 1.54) is 18.2 Å². The van der Waals surface area contributed by atoms with Gasteiger partial charge in [0.25, 0.3) is 0 Å². The SMILES string of the molecule is CC(C)N(c1ccc(F)cc1)C(C)C.CC(C)N(c1cccc(F)c1)C(C)C. The van der Waals surface area contributed by atoms with Gasteiger partial charge in [-0.05, 0) is 97.9 Å². The fourth-order valence-electron chi connectivity index (χ4n) is 3.64. The third-order valence-electron chi connectivity index (χ3n) is 4.46. The van der Waals surface area contributed by atoms with Gasteiger partial charge in [0.1, 0.15) is 11.6 Å². The summed E-state index contributed by atoms with van der Waals surface area (Å²) in [4.78, 5) is 4.46. The maximum absolute atomic E-state index is 13.0. The van der Waals surface area contributed by atoms with Crippen molar-refractivity contribution in [3.8, 4) is 0 Å². The fraction of sp³-hybridized carbons (Fsp3) is 0.500. The Balaban J connectivity index is 0.000000280. The van der Waals surface area contributed by atoms with Crippen molar-refractivity contribution in [2.75, 3.05) is 9.80 Å². The molecule has 0 heterocycles. The van der Waals surface area contributed by atoms with Crippen molar-refractivity contribution in [3.05, 3.63) is 60.2 Å². The van der Waals surface area contributed by atoms with E-state index in [1.807, 2.05) is 18.2 Å². The zero-order chi connectivity index (χ0) is 21.4. The van der Waals surface area contributed by atoms with Gasteiger partial charge in [0.2, 0.25) is 0 Å². The smallest absolute Gasteiger partial charge is 0.125 e.